The molecule has 1 aromatic heterocycles. The van der Waals surface area contributed by atoms with Gasteiger partial charge in [0.05, 0.1) is 5.38 Å². The van der Waals surface area contributed by atoms with Crippen molar-refractivity contribution in [1.82, 2.24) is 0 Å². The second-order valence-corrected chi connectivity index (χ2v) is 7.48. The Bertz CT molecular complexity index is 529. The zero-order valence-corrected chi connectivity index (χ0v) is 13.2. The third-order valence-corrected chi connectivity index (χ3v) is 6.50. The third kappa shape index (κ3) is 2.38. The summed E-state index contributed by atoms with van der Waals surface area (Å²) >= 11 is 12.0. The topological polar surface area (TPSA) is 0 Å². The Kier molecular flexibility index (Phi) is 3.52. The average molecular weight is 342 g/mol. The highest BCUT2D eigenvalue weighted by atomic mass is 79.9. The van der Waals surface area contributed by atoms with Gasteiger partial charge in [-0.25, -0.2) is 0 Å². The molecular formula is C15H14BrClS. The highest BCUT2D eigenvalue weighted by Crippen LogP contribution is 2.57. The van der Waals surface area contributed by atoms with E-state index < -0.39 is 0 Å². The van der Waals surface area contributed by atoms with Crippen LogP contribution in [-0.2, 0) is 0 Å². The average Bonchev–Trinajstić information content (AvgIpc) is 3.11. The van der Waals surface area contributed by atoms with Crippen molar-refractivity contribution in [1.29, 1.82) is 0 Å². The van der Waals surface area contributed by atoms with Gasteiger partial charge >= 0.3 is 0 Å². The summed E-state index contributed by atoms with van der Waals surface area (Å²) in [6, 6.07) is 12.9. The van der Waals surface area contributed by atoms with E-state index in [4.69, 9.17) is 11.6 Å². The van der Waals surface area contributed by atoms with E-state index >= 15 is 0 Å². The largest absolute Gasteiger partial charge is 0.143 e. The minimum Gasteiger partial charge on any atom is -0.143 e. The number of benzene rings is 1. The summed E-state index contributed by atoms with van der Waals surface area (Å²) in [7, 11) is 0. The van der Waals surface area contributed by atoms with Crippen molar-refractivity contribution in [2.24, 2.45) is 5.92 Å². The maximum Gasteiger partial charge on any atom is 0.0713 e. The number of alkyl halides is 1. The maximum atomic E-state index is 6.62. The van der Waals surface area contributed by atoms with Crippen molar-refractivity contribution in [3.05, 3.63) is 56.2 Å². The van der Waals surface area contributed by atoms with Crippen LogP contribution in [0.4, 0.5) is 0 Å². The molecule has 1 fully saturated rings. The lowest BCUT2D eigenvalue weighted by atomic mass is 10.1. The molecule has 1 aromatic carbocycles. The summed E-state index contributed by atoms with van der Waals surface area (Å²) in [5.74, 6) is 1.24. The molecule has 1 aliphatic rings. The lowest BCUT2D eigenvalue weighted by Gasteiger charge is -2.06. The van der Waals surface area contributed by atoms with Crippen molar-refractivity contribution in [2.75, 3.05) is 0 Å². The highest BCUT2D eigenvalue weighted by Gasteiger charge is 2.44. The molecule has 94 valence electrons. The molecule has 3 heteroatoms. The molecule has 0 radical (unpaired) electrons. The van der Waals surface area contributed by atoms with Gasteiger partial charge in [0, 0.05) is 14.2 Å². The molecule has 0 nitrogen and oxygen atoms in total. The van der Waals surface area contributed by atoms with E-state index in [0.717, 1.165) is 0 Å². The van der Waals surface area contributed by atoms with Crippen molar-refractivity contribution in [2.45, 2.75) is 24.6 Å². The standard InChI is InChI=1S/C15H14BrClS/c1-9-13(16)8-14(18-9)15(17)12-7-11(12)10-5-3-2-4-6-10/h2-6,8,11-12,15H,7H2,1H3. The summed E-state index contributed by atoms with van der Waals surface area (Å²) in [5.41, 5.74) is 1.43. The molecule has 1 heterocycles. The Morgan fingerprint density at radius 2 is 2.06 bits per heavy atom. The van der Waals surface area contributed by atoms with Crippen LogP contribution in [0.2, 0.25) is 0 Å². The van der Waals surface area contributed by atoms with Gasteiger partial charge in [-0.1, -0.05) is 30.3 Å². The van der Waals surface area contributed by atoms with E-state index in [1.165, 1.54) is 26.2 Å². The van der Waals surface area contributed by atoms with Crippen LogP contribution < -0.4 is 0 Å². The molecule has 18 heavy (non-hydrogen) atoms. The molecule has 3 unspecified atom stereocenters. The van der Waals surface area contributed by atoms with Gasteiger partial charge in [0.2, 0.25) is 0 Å². The molecule has 1 saturated carbocycles. The van der Waals surface area contributed by atoms with E-state index in [2.05, 4.69) is 59.3 Å². The molecule has 0 aliphatic heterocycles. The minimum absolute atomic E-state index is 0.158. The number of rotatable bonds is 3. The predicted molar refractivity (Wildman–Crippen MR) is 82.6 cm³/mol. The Balaban J connectivity index is 1.75. The molecule has 0 bridgehead atoms. The lowest BCUT2D eigenvalue weighted by molar-refractivity contribution is 0.776. The summed E-state index contributed by atoms with van der Waals surface area (Å²) in [4.78, 5) is 2.61. The predicted octanol–water partition coefficient (Wildman–Crippen LogP) is 5.90. The molecular weight excluding hydrogens is 328 g/mol. The first-order chi connectivity index (χ1) is 8.66. The highest BCUT2D eigenvalue weighted by molar-refractivity contribution is 9.10. The van der Waals surface area contributed by atoms with Crippen LogP contribution in [0.1, 0.15) is 33.0 Å². The third-order valence-electron chi connectivity index (χ3n) is 3.59. The van der Waals surface area contributed by atoms with Gasteiger partial charge < -0.3 is 0 Å². The first kappa shape index (κ1) is 12.7. The molecule has 3 rings (SSSR count). The second-order valence-electron chi connectivity index (χ2n) is 4.87. The fraction of sp³-hybridized carbons (Fsp3) is 0.333. The number of halogens is 2. The van der Waals surface area contributed by atoms with E-state index in [1.54, 1.807) is 0 Å². The Morgan fingerprint density at radius 3 is 2.67 bits per heavy atom. The summed E-state index contributed by atoms with van der Waals surface area (Å²) < 4.78 is 1.19. The normalized spacial score (nSPS) is 23.9. The summed E-state index contributed by atoms with van der Waals surface area (Å²) in [6.45, 7) is 2.13. The summed E-state index contributed by atoms with van der Waals surface area (Å²) in [5, 5.41) is 0.158. The smallest absolute Gasteiger partial charge is 0.0713 e. The monoisotopic (exact) mass is 340 g/mol. The summed E-state index contributed by atoms with van der Waals surface area (Å²) in [6.07, 6.45) is 1.22. The Morgan fingerprint density at radius 1 is 1.33 bits per heavy atom. The van der Waals surface area contributed by atoms with Gasteiger partial charge in [-0.2, -0.15) is 0 Å². The zero-order valence-electron chi connectivity index (χ0n) is 10.1. The fourth-order valence-corrected chi connectivity index (χ4v) is 4.54. The number of hydrogen-bond acceptors (Lipinski definition) is 1. The van der Waals surface area contributed by atoms with Gasteiger partial charge in [0.15, 0.2) is 0 Å². The van der Waals surface area contributed by atoms with E-state index in [1.807, 2.05) is 11.3 Å². The second kappa shape index (κ2) is 4.99. The van der Waals surface area contributed by atoms with Crippen LogP contribution in [0.3, 0.4) is 0 Å². The van der Waals surface area contributed by atoms with Crippen LogP contribution in [0, 0.1) is 12.8 Å². The zero-order chi connectivity index (χ0) is 12.7. The van der Waals surface area contributed by atoms with Crippen LogP contribution in [0.15, 0.2) is 40.9 Å². The lowest BCUT2D eigenvalue weighted by Crippen LogP contribution is -1.92. The van der Waals surface area contributed by atoms with Crippen LogP contribution in [0.5, 0.6) is 0 Å². The van der Waals surface area contributed by atoms with Gasteiger partial charge in [-0.3, -0.25) is 0 Å². The molecule has 0 saturated heterocycles. The quantitative estimate of drug-likeness (QED) is 0.609. The molecule has 0 amide bonds. The van der Waals surface area contributed by atoms with Crippen molar-refractivity contribution < 1.29 is 0 Å². The molecule has 2 aromatic rings. The SMILES string of the molecule is Cc1sc(C(Cl)C2CC2c2ccccc2)cc1Br. The van der Waals surface area contributed by atoms with Gasteiger partial charge in [-0.15, -0.1) is 22.9 Å². The first-order valence-corrected chi connectivity index (χ1v) is 8.16. The van der Waals surface area contributed by atoms with Gasteiger partial charge in [0.25, 0.3) is 0 Å². The molecule has 3 atom stereocenters. The maximum absolute atomic E-state index is 6.62. The Labute approximate surface area is 125 Å². The van der Waals surface area contributed by atoms with Crippen LogP contribution in [-0.4, -0.2) is 0 Å². The van der Waals surface area contributed by atoms with Crippen molar-refractivity contribution in [3.63, 3.8) is 0 Å². The molecule has 1 aliphatic carbocycles. The van der Waals surface area contributed by atoms with Crippen LogP contribution in [0.25, 0.3) is 0 Å². The minimum atomic E-state index is 0.158. The molecule has 0 spiro atoms. The number of hydrogen-bond donors (Lipinski definition) is 0. The van der Waals surface area contributed by atoms with E-state index in [0.29, 0.717) is 11.8 Å². The van der Waals surface area contributed by atoms with Crippen molar-refractivity contribution >= 4 is 38.9 Å². The first-order valence-electron chi connectivity index (χ1n) is 6.11. The van der Waals surface area contributed by atoms with Gasteiger partial charge in [-0.05, 0) is 52.7 Å². The fourth-order valence-electron chi connectivity index (χ4n) is 2.45. The number of thiophene rings is 1. The van der Waals surface area contributed by atoms with Crippen LogP contribution >= 0.6 is 38.9 Å². The Hall–Kier alpha value is -0.310. The van der Waals surface area contributed by atoms with E-state index in [-0.39, 0.29) is 5.38 Å². The van der Waals surface area contributed by atoms with E-state index in [9.17, 15) is 0 Å². The van der Waals surface area contributed by atoms with Gasteiger partial charge in [0.1, 0.15) is 0 Å². The number of aryl methyl sites for hydroxylation is 1. The van der Waals surface area contributed by atoms with Crippen molar-refractivity contribution in [3.8, 4) is 0 Å². The molecule has 0 N–H and O–H groups in total.